The topological polar surface area (TPSA) is 45.8 Å². The molecule has 1 N–H and O–H groups in total. The highest BCUT2D eigenvalue weighted by atomic mass is 79.9. The van der Waals surface area contributed by atoms with E-state index in [2.05, 4.69) is 25.9 Å². The molecule has 2 aromatic rings. The molecule has 0 aliphatic rings. The Morgan fingerprint density at radius 2 is 2.27 bits per heavy atom. The first-order chi connectivity index (χ1) is 7.20. The fourth-order valence-electron chi connectivity index (χ4n) is 1.19. The molecule has 1 aromatic heterocycles. The number of aromatic nitrogens is 2. The van der Waals surface area contributed by atoms with Crippen LogP contribution >= 0.6 is 27.5 Å². The van der Waals surface area contributed by atoms with Gasteiger partial charge in [-0.1, -0.05) is 11.6 Å². The first-order valence-corrected chi connectivity index (χ1v) is 5.33. The van der Waals surface area contributed by atoms with Crippen LogP contribution in [0.5, 0.6) is 0 Å². The van der Waals surface area contributed by atoms with Gasteiger partial charge in [-0.15, -0.1) is 0 Å². The monoisotopic (exact) mass is 284 g/mol. The number of nitrogens with zero attached hydrogens (tertiary/aromatic N) is 1. The van der Waals surface area contributed by atoms with E-state index < -0.39 is 0 Å². The van der Waals surface area contributed by atoms with Crippen LogP contribution in [0, 0.1) is 0 Å². The van der Waals surface area contributed by atoms with Gasteiger partial charge < -0.3 is 4.98 Å². The summed E-state index contributed by atoms with van der Waals surface area (Å²) >= 11 is 9.19. The molecule has 1 heterocycles. The Hall–Kier alpha value is -1.13. The number of halogens is 2. The van der Waals surface area contributed by atoms with E-state index in [1.165, 1.54) is 6.20 Å². The maximum Gasteiger partial charge on any atom is 0.167 e. The second kappa shape index (κ2) is 4.16. The van der Waals surface area contributed by atoms with E-state index in [0.717, 1.165) is 16.3 Å². The van der Waals surface area contributed by atoms with Crippen LogP contribution < -0.4 is 0 Å². The summed E-state index contributed by atoms with van der Waals surface area (Å²) in [5.41, 5.74) is 1.33. The number of carbonyl (C=O) groups excluding carboxylic acids is 1. The van der Waals surface area contributed by atoms with Crippen LogP contribution in [-0.2, 0) is 0 Å². The maximum atomic E-state index is 10.5. The highest BCUT2D eigenvalue weighted by Crippen LogP contribution is 2.27. The summed E-state index contributed by atoms with van der Waals surface area (Å²) in [6, 6.07) is 5.44. The van der Waals surface area contributed by atoms with Crippen LogP contribution in [0.15, 0.2) is 28.9 Å². The number of aldehydes is 1. The Morgan fingerprint density at radius 3 is 2.87 bits per heavy atom. The molecule has 76 valence electrons. The molecule has 1 aromatic carbocycles. The van der Waals surface area contributed by atoms with Crippen molar-refractivity contribution in [3.8, 4) is 11.4 Å². The van der Waals surface area contributed by atoms with Crippen LogP contribution in [0.2, 0.25) is 5.02 Å². The number of imidazole rings is 1. The average molecular weight is 286 g/mol. The molecule has 0 unspecified atom stereocenters. The molecule has 0 saturated carbocycles. The van der Waals surface area contributed by atoms with Crippen LogP contribution in [-0.4, -0.2) is 16.3 Å². The van der Waals surface area contributed by atoms with E-state index in [4.69, 9.17) is 11.6 Å². The molecular formula is C10H6BrClN2O. The van der Waals surface area contributed by atoms with Gasteiger partial charge in [0.15, 0.2) is 6.29 Å². The third-order valence-corrected chi connectivity index (χ3v) is 3.13. The van der Waals surface area contributed by atoms with Gasteiger partial charge in [0, 0.05) is 10.0 Å². The average Bonchev–Trinajstić information content (AvgIpc) is 2.70. The predicted molar refractivity (Wildman–Crippen MR) is 62.1 cm³/mol. The summed E-state index contributed by atoms with van der Waals surface area (Å²) in [5, 5.41) is 0.640. The van der Waals surface area contributed by atoms with Gasteiger partial charge in [-0.05, 0) is 34.1 Å². The minimum absolute atomic E-state index is 0.455. The van der Waals surface area contributed by atoms with Gasteiger partial charge in [0.25, 0.3) is 0 Å². The summed E-state index contributed by atoms with van der Waals surface area (Å²) in [7, 11) is 0. The minimum atomic E-state index is 0.455. The Kier molecular flexibility index (Phi) is 2.88. The molecular weight excluding hydrogens is 279 g/mol. The predicted octanol–water partition coefficient (Wildman–Crippen LogP) is 3.31. The fraction of sp³-hybridized carbons (Fsp3) is 0. The van der Waals surface area contributed by atoms with Gasteiger partial charge in [0.1, 0.15) is 5.82 Å². The highest BCUT2D eigenvalue weighted by molar-refractivity contribution is 9.10. The normalized spacial score (nSPS) is 10.3. The van der Waals surface area contributed by atoms with Gasteiger partial charge in [-0.2, -0.15) is 0 Å². The van der Waals surface area contributed by atoms with Crippen molar-refractivity contribution in [1.82, 2.24) is 9.97 Å². The van der Waals surface area contributed by atoms with Crippen molar-refractivity contribution in [3.05, 3.63) is 39.6 Å². The second-order valence-electron chi connectivity index (χ2n) is 2.93. The number of hydrogen-bond acceptors (Lipinski definition) is 2. The maximum absolute atomic E-state index is 10.5. The lowest BCUT2D eigenvalue weighted by molar-refractivity contribution is 0.111. The number of nitrogens with one attached hydrogen (secondary N) is 1. The van der Waals surface area contributed by atoms with Crippen molar-refractivity contribution in [2.75, 3.05) is 0 Å². The Morgan fingerprint density at radius 1 is 1.47 bits per heavy atom. The fourth-order valence-corrected chi connectivity index (χ4v) is 1.68. The Bertz CT molecular complexity index is 510. The van der Waals surface area contributed by atoms with E-state index >= 15 is 0 Å². The zero-order valence-electron chi connectivity index (χ0n) is 7.50. The van der Waals surface area contributed by atoms with Crippen molar-refractivity contribution in [1.29, 1.82) is 0 Å². The van der Waals surface area contributed by atoms with E-state index in [1.807, 2.05) is 12.1 Å². The van der Waals surface area contributed by atoms with Gasteiger partial charge in [0.2, 0.25) is 0 Å². The molecule has 0 radical (unpaired) electrons. The summed E-state index contributed by atoms with van der Waals surface area (Å²) < 4.78 is 0.797. The lowest BCUT2D eigenvalue weighted by Gasteiger charge is -1.99. The molecule has 5 heteroatoms. The summed E-state index contributed by atoms with van der Waals surface area (Å²) in [4.78, 5) is 17.4. The summed E-state index contributed by atoms with van der Waals surface area (Å²) in [5.74, 6) is 0.648. The van der Waals surface area contributed by atoms with E-state index in [9.17, 15) is 4.79 Å². The first-order valence-electron chi connectivity index (χ1n) is 4.16. The van der Waals surface area contributed by atoms with Gasteiger partial charge in [0.05, 0.1) is 16.9 Å². The first kappa shape index (κ1) is 10.4. The van der Waals surface area contributed by atoms with E-state index in [1.54, 1.807) is 6.07 Å². The zero-order chi connectivity index (χ0) is 10.8. The molecule has 0 aliphatic carbocycles. The lowest BCUT2D eigenvalue weighted by Crippen LogP contribution is -1.82. The van der Waals surface area contributed by atoms with Crippen molar-refractivity contribution >= 4 is 33.8 Å². The molecule has 0 amide bonds. The molecule has 0 aliphatic heterocycles. The minimum Gasteiger partial charge on any atom is -0.336 e. The smallest absolute Gasteiger partial charge is 0.167 e. The van der Waals surface area contributed by atoms with Crippen molar-refractivity contribution < 1.29 is 4.79 Å². The third-order valence-electron chi connectivity index (χ3n) is 1.92. The molecule has 0 spiro atoms. The SMILES string of the molecule is O=Cc1cnc(-c2ccc(Cl)c(Br)c2)[nH]1. The highest BCUT2D eigenvalue weighted by Gasteiger charge is 2.05. The van der Waals surface area contributed by atoms with Crippen LogP contribution in [0.4, 0.5) is 0 Å². The van der Waals surface area contributed by atoms with Crippen molar-refractivity contribution in [3.63, 3.8) is 0 Å². The summed E-state index contributed by atoms with van der Waals surface area (Å²) in [6.07, 6.45) is 2.21. The quantitative estimate of drug-likeness (QED) is 0.861. The third kappa shape index (κ3) is 2.11. The largest absolute Gasteiger partial charge is 0.336 e. The number of carbonyl (C=O) groups is 1. The standard InChI is InChI=1S/C10H6BrClN2O/c11-8-3-6(1-2-9(8)12)10-13-4-7(5-15)14-10/h1-5H,(H,13,14). The number of rotatable bonds is 2. The molecule has 0 saturated heterocycles. The van der Waals surface area contributed by atoms with Gasteiger partial charge >= 0.3 is 0 Å². The van der Waals surface area contributed by atoms with E-state index in [0.29, 0.717) is 16.5 Å². The molecule has 15 heavy (non-hydrogen) atoms. The zero-order valence-corrected chi connectivity index (χ0v) is 9.84. The molecule has 2 rings (SSSR count). The molecule has 0 bridgehead atoms. The number of aromatic amines is 1. The molecule has 0 atom stereocenters. The van der Waals surface area contributed by atoms with Gasteiger partial charge in [-0.3, -0.25) is 4.79 Å². The molecule has 0 fully saturated rings. The van der Waals surface area contributed by atoms with Crippen LogP contribution in [0.1, 0.15) is 10.5 Å². The van der Waals surface area contributed by atoms with Crippen LogP contribution in [0.3, 0.4) is 0 Å². The molecule has 3 nitrogen and oxygen atoms in total. The lowest BCUT2D eigenvalue weighted by atomic mass is 10.2. The Labute approximate surface area is 99.6 Å². The number of benzene rings is 1. The Balaban J connectivity index is 2.44. The van der Waals surface area contributed by atoms with E-state index in [-0.39, 0.29) is 0 Å². The number of H-pyrrole nitrogens is 1. The summed E-state index contributed by atoms with van der Waals surface area (Å²) in [6.45, 7) is 0. The van der Waals surface area contributed by atoms with Gasteiger partial charge in [-0.25, -0.2) is 4.98 Å². The second-order valence-corrected chi connectivity index (χ2v) is 4.20. The number of hydrogen-bond donors (Lipinski definition) is 1. The van der Waals surface area contributed by atoms with Crippen molar-refractivity contribution in [2.24, 2.45) is 0 Å². The van der Waals surface area contributed by atoms with Crippen molar-refractivity contribution in [2.45, 2.75) is 0 Å². The van der Waals surface area contributed by atoms with Crippen LogP contribution in [0.25, 0.3) is 11.4 Å².